The zero-order valence-corrected chi connectivity index (χ0v) is 14.0. The van der Waals surface area contributed by atoms with Gasteiger partial charge >= 0.3 is 0 Å². The van der Waals surface area contributed by atoms with Crippen LogP contribution in [-0.4, -0.2) is 15.8 Å². The predicted molar refractivity (Wildman–Crippen MR) is 93.0 cm³/mol. The number of nitro groups is 2. The van der Waals surface area contributed by atoms with E-state index in [1.807, 2.05) is 32.0 Å². The van der Waals surface area contributed by atoms with E-state index in [9.17, 15) is 25.0 Å². The number of benzene rings is 2. The number of nitrogens with zero attached hydrogens (tertiary/aromatic N) is 2. The third-order valence-electron chi connectivity index (χ3n) is 4.00. The molecule has 1 N–H and O–H groups in total. The molecule has 25 heavy (non-hydrogen) atoms. The molecule has 1 amide bonds. The summed E-state index contributed by atoms with van der Waals surface area (Å²) in [6.07, 6.45) is 0.686. The van der Waals surface area contributed by atoms with Crippen molar-refractivity contribution in [1.29, 1.82) is 0 Å². The molecule has 0 spiro atoms. The molecule has 0 aromatic heterocycles. The first kappa shape index (κ1) is 18.1. The number of anilines is 1. The highest BCUT2D eigenvalue weighted by atomic mass is 16.6. The fourth-order valence-electron chi connectivity index (χ4n) is 2.60. The van der Waals surface area contributed by atoms with Gasteiger partial charge in [0, 0.05) is 17.3 Å². The number of nitro benzene ring substituents is 2. The molecule has 8 heteroatoms. The molecule has 0 saturated heterocycles. The van der Waals surface area contributed by atoms with Crippen LogP contribution in [0.3, 0.4) is 0 Å². The maximum atomic E-state index is 12.6. The molecule has 130 valence electrons. The first-order valence-electron chi connectivity index (χ1n) is 7.59. The number of hydrogen-bond donors (Lipinski definition) is 1. The van der Waals surface area contributed by atoms with Crippen LogP contribution in [0.25, 0.3) is 0 Å². The molecular formula is C17H17N3O5. The monoisotopic (exact) mass is 343 g/mol. The van der Waals surface area contributed by atoms with E-state index in [-0.39, 0.29) is 11.1 Å². The number of nitrogens with one attached hydrogen (secondary N) is 1. The fraction of sp³-hybridized carbons (Fsp3) is 0.235. The van der Waals surface area contributed by atoms with Gasteiger partial charge in [0.1, 0.15) is 0 Å². The lowest BCUT2D eigenvalue weighted by Gasteiger charge is -2.14. The summed E-state index contributed by atoms with van der Waals surface area (Å²) in [5.41, 5.74) is 1.40. The number of hydrogen-bond acceptors (Lipinski definition) is 5. The number of para-hydroxylation sites is 1. The topological polar surface area (TPSA) is 115 Å². The van der Waals surface area contributed by atoms with Crippen molar-refractivity contribution in [3.63, 3.8) is 0 Å². The minimum atomic E-state index is -0.755. The largest absolute Gasteiger partial charge is 0.321 e. The second kappa shape index (κ2) is 7.08. The minimum absolute atomic E-state index is 0.0831. The van der Waals surface area contributed by atoms with E-state index in [2.05, 4.69) is 5.32 Å². The second-order valence-electron chi connectivity index (χ2n) is 5.57. The third kappa shape index (κ3) is 3.63. The maximum Gasteiger partial charge on any atom is 0.279 e. The van der Waals surface area contributed by atoms with E-state index < -0.39 is 27.1 Å². The molecule has 8 nitrogen and oxygen atoms in total. The number of rotatable bonds is 5. The van der Waals surface area contributed by atoms with Crippen LogP contribution >= 0.6 is 0 Å². The number of non-ortho nitro benzene ring substituents is 1. The Morgan fingerprint density at radius 3 is 2.36 bits per heavy atom. The van der Waals surface area contributed by atoms with Crippen molar-refractivity contribution in [2.24, 2.45) is 0 Å². The van der Waals surface area contributed by atoms with Gasteiger partial charge in [-0.3, -0.25) is 25.0 Å². The van der Waals surface area contributed by atoms with Crippen LogP contribution in [0.2, 0.25) is 0 Å². The quantitative estimate of drug-likeness (QED) is 0.652. The van der Waals surface area contributed by atoms with Crippen LogP contribution < -0.4 is 5.32 Å². The molecule has 0 aliphatic carbocycles. The summed E-state index contributed by atoms with van der Waals surface area (Å²) < 4.78 is 0. The standard InChI is InChI=1S/C17H17N3O5/c1-4-12-7-5-6-10(2)16(12)18-17(21)14-8-13(19(22)23)9-15(11(14)3)20(24)25/h5-9H,4H2,1-3H3,(H,18,21). The molecule has 0 unspecified atom stereocenters. The molecule has 0 atom stereocenters. The molecule has 2 aromatic rings. The Bertz CT molecular complexity index is 877. The van der Waals surface area contributed by atoms with Gasteiger partial charge < -0.3 is 5.32 Å². The summed E-state index contributed by atoms with van der Waals surface area (Å²) in [4.78, 5) is 33.3. The highest BCUT2D eigenvalue weighted by Gasteiger charge is 2.25. The Morgan fingerprint density at radius 1 is 1.12 bits per heavy atom. The van der Waals surface area contributed by atoms with Gasteiger partial charge in [-0.05, 0) is 31.4 Å². The average Bonchev–Trinajstić information content (AvgIpc) is 2.56. The van der Waals surface area contributed by atoms with Gasteiger partial charge in [-0.15, -0.1) is 0 Å². The summed E-state index contributed by atoms with van der Waals surface area (Å²) in [6, 6.07) is 7.48. The van der Waals surface area contributed by atoms with Gasteiger partial charge in [0.15, 0.2) is 0 Å². The minimum Gasteiger partial charge on any atom is -0.321 e. The molecular weight excluding hydrogens is 326 g/mol. The van der Waals surface area contributed by atoms with Crippen molar-refractivity contribution >= 4 is 23.0 Å². The Balaban J connectivity index is 2.53. The van der Waals surface area contributed by atoms with Gasteiger partial charge in [0.05, 0.1) is 21.5 Å². The van der Waals surface area contributed by atoms with Gasteiger partial charge in [0.25, 0.3) is 17.3 Å². The van der Waals surface area contributed by atoms with Crippen LogP contribution in [0.4, 0.5) is 17.1 Å². The average molecular weight is 343 g/mol. The molecule has 0 heterocycles. The lowest BCUT2D eigenvalue weighted by atomic mass is 10.0. The molecule has 0 bridgehead atoms. The summed E-state index contributed by atoms with van der Waals surface area (Å²) in [6.45, 7) is 5.17. The van der Waals surface area contributed by atoms with E-state index in [1.165, 1.54) is 6.92 Å². The van der Waals surface area contributed by atoms with Gasteiger partial charge in [-0.1, -0.05) is 25.1 Å². The summed E-state index contributed by atoms with van der Waals surface area (Å²) in [7, 11) is 0. The van der Waals surface area contributed by atoms with Gasteiger partial charge in [-0.2, -0.15) is 0 Å². The van der Waals surface area contributed by atoms with Crippen LogP contribution in [0, 0.1) is 34.1 Å². The molecule has 0 aliphatic rings. The lowest BCUT2D eigenvalue weighted by Crippen LogP contribution is -2.16. The van der Waals surface area contributed by atoms with E-state index in [0.29, 0.717) is 12.1 Å². The van der Waals surface area contributed by atoms with E-state index in [1.54, 1.807) is 0 Å². The Morgan fingerprint density at radius 2 is 1.80 bits per heavy atom. The number of carbonyl (C=O) groups is 1. The third-order valence-corrected chi connectivity index (χ3v) is 4.00. The lowest BCUT2D eigenvalue weighted by molar-refractivity contribution is -0.394. The van der Waals surface area contributed by atoms with Crippen LogP contribution in [0.15, 0.2) is 30.3 Å². The highest BCUT2D eigenvalue weighted by Crippen LogP contribution is 2.29. The van der Waals surface area contributed by atoms with Gasteiger partial charge in [-0.25, -0.2) is 0 Å². The first-order chi connectivity index (χ1) is 11.8. The summed E-state index contributed by atoms with van der Waals surface area (Å²) in [5, 5.41) is 24.9. The molecule has 0 saturated carbocycles. The highest BCUT2D eigenvalue weighted by molar-refractivity contribution is 6.07. The Hall–Kier alpha value is -3.29. The van der Waals surface area contributed by atoms with Crippen LogP contribution in [0.5, 0.6) is 0 Å². The normalized spacial score (nSPS) is 10.4. The number of amides is 1. The van der Waals surface area contributed by atoms with Gasteiger partial charge in [0.2, 0.25) is 0 Å². The van der Waals surface area contributed by atoms with E-state index >= 15 is 0 Å². The molecule has 0 fully saturated rings. The molecule has 0 radical (unpaired) electrons. The molecule has 2 rings (SSSR count). The van der Waals surface area contributed by atoms with Crippen molar-refractivity contribution in [1.82, 2.24) is 0 Å². The van der Waals surface area contributed by atoms with Crippen molar-refractivity contribution < 1.29 is 14.6 Å². The smallest absolute Gasteiger partial charge is 0.279 e. The van der Waals surface area contributed by atoms with Crippen molar-refractivity contribution in [3.05, 3.63) is 72.8 Å². The maximum absolute atomic E-state index is 12.6. The van der Waals surface area contributed by atoms with Crippen molar-refractivity contribution in [2.45, 2.75) is 27.2 Å². The molecule has 0 aliphatic heterocycles. The zero-order chi connectivity index (χ0) is 18.7. The van der Waals surface area contributed by atoms with E-state index in [4.69, 9.17) is 0 Å². The van der Waals surface area contributed by atoms with Crippen molar-refractivity contribution in [3.8, 4) is 0 Å². The van der Waals surface area contributed by atoms with Crippen molar-refractivity contribution in [2.75, 3.05) is 5.32 Å². The summed E-state index contributed by atoms with van der Waals surface area (Å²) in [5.74, 6) is -0.617. The van der Waals surface area contributed by atoms with E-state index in [0.717, 1.165) is 23.3 Å². The summed E-state index contributed by atoms with van der Waals surface area (Å²) >= 11 is 0. The number of carbonyl (C=O) groups excluding carboxylic acids is 1. The Labute approximate surface area is 143 Å². The second-order valence-corrected chi connectivity index (χ2v) is 5.57. The van der Waals surface area contributed by atoms with Crippen LogP contribution in [0.1, 0.15) is 34.0 Å². The fourth-order valence-corrected chi connectivity index (χ4v) is 2.60. The Kier molecular flexibility index (Phi) is 5.11. The first-order valence-corrected chi connectivity index (χ1v) is 7.59. The number of aryl methyl sites for hydroxylation is 2. The zero-order valence-electron chi connectivity index (χ0n) is 14.0. The SMILES string of the molecule is CCc1cccc(C)c1NC(=O)c1cc([N+](=O)[O-])cc([N+](=O)[O-])c1C. The van der Waals surface area contributed by atoms with Crippen LogP contribution in [-0.2, 0) is 6.42 Å². The predicted octanol–water partition coefficient (Wildman–Crippen LogP) is 3.93. The molecule has 2 aromatic carbocycles.